The van der Waals surface area contributed by atoms with Crippen LogP contribution >= 0.6 is 35.0 Å². The Balaban J connectivity index is 1.66. The lowest BCUT2D eigenvalue weighted by Gasteiger charge is -2.11. The van der Waals surface area contributed by atoms with Crippen LogP contribution in [0.3, 0.4) is 0 Å². The van der Waals surface area contributed by atoms with Gasteiger partial charge in [-0.2, -0.15) is 0 Å². The third-order valence-electron chi connectivity index (χ3n) is 4.98. The average Bonchev–Trinajstić information content (AvgIpc) is 3.22. The smallest absolute Gasteiger partial charge is 0.219 e. The van der Waals surface area contributed by atoms with Crippen LogP contribution in [0.1, 0.15) is 31.2 Å². The van der Waals surface area contributed by atoms with Gasteiger partial charge >= 0.3 is 0 Å². The lowest BCUT2D eigenvalue weighted by atomic mass is 10.1. The van der Waals surface area contributed by atoms with Gasteiger partial charge in [0.2, 0.25) is 5.91 Å². The molecule has 1 amide bonds. The third kappa shape index (κ3) is 7.47. The molecule has 0 unspecified atom stereocenters. The lowest BCUT2D eigenvalue weighted by Crippen LogP contribution is -2.24. The molecule has 0 saturated heterocycles. The van der Waals surface area contributed by atoms with Crippen LogP contribution in [0.25, 0.3) is 17.1 Å². The monoisotopic (exact) mass is 506 g/mol. The van der Waals surface area contributed by atoms with Crippen LogP contribution in [0, 0.1) is 6.92 Å². The molecular weight excluding hydrogens is 479 g/mol. The summed E-state index contributed by atoms with van der Waals surface area (Å²) in [7, 11) is 1.66. The molecule has 0 aliphatic heterocycles. The zero-order valence-electron chi connectivity index (χ0n) is 18.8. The Labute approximate surface area is 209 Å². The number of halogens is 2. The van der Waals surface area contributed by atoms with E-state index in [0.29, 0.717) is 29.6 Å². The minimum atomic E-state index is 0.0803. The molecule has 2 aromatic carbocycles. The minimum Gasteiger partial charge on any atom is -0.385 e. The van der Waals surface area contributed by atoms with Gasteiger partial charge in [0, 0.05) is 38.0 Å². The predicted molar refractivity (Wildman–Crippen MR) is 136 cm³/mol. The van der Waals surface area contributed by atoms with Crippen molar-refractivity contribution in [2.24, 2.45) is 0 Å². The Hall–Kier alpha value is -2.06. The van der Waals surface area contributed by atoms with Gasteiger partial charge in [-0.1, -0.05) is 64.8 Å². The molecule has 0 bridgehead atoms. The van der Waals surface area contributed by atoms with Crippen molar-refractivity contribution in [2.75, 3.05) is 26.0 Å². The highest BCUT2D eigenvalue weighted by Crippen LogP contribution is 2.31. The Morgan fingerprint density at radius 1 is 1.06 bits per heavy atom. The topological polar surface area (TPSA) is 69.0 Å². The van der Waals surface area contributed by atoms with E-state index in [1.54, 1.807) is 24.9 Å². The number of ether oxygens (including phenoxy) is 1. The highest BCUT2D eigenvalue weighted by Gasteiger charge is 2.17. The van der Waals surface area contributed by atoms with E-state index < -0.39 is 0 Å². The molecule has 6 nitrogen and oxygen atoms in total. The van der Waals surface area contributed by atoms with Crippen LogP contribution < -0.4 is 5.32 Å². The van der Waals surface area contributed by atoms with Gasteiger partial charge in [0.1, 0.15) is 0 Å². The average molecular weight is 507 g/mol. The maximum Gasteiger partial charge on any atom is 0.219 e. The summed E-state index contributed by atoms with van der Waals surface area (Å²) in [6.07, 6.45) is 3.05. The molecule has 0 atom stereocenters. The zero-order chi connectivity index (χ0) is 23.6. The van der Waals surface area contributed by atoms with E-state index in [-0.39, 0.29) is 5.91 Å². The molecule has 0 saturated carbocycles. The summed E-state index contributed by atoms with van der Waals surface area (Å²) in [5.74, 6) is 1.65. The molecule has 0 spiro atoms. The van der Waals surface area contributed by atoms with E-state index in [0.717, 1.165) is 47.2 Å². The molecule has 0 aliphatic rings. The van der Waals surface area contributed by atoms with Gasteiger partial charge in [-0.25, -0.2) is 0 Å². The van der Waals surface area contributed by atoms with E-state index in [2.05, 4.69) is 34.6 Å². The summed E-state index contributed by atoms with van der Waals surface area (Å²) in [4.78, 5) is 11.9. The van der Waals surface area contributed by atoms with Crippen LogP contribution in [0.2, 0.25) is 10.0 Å². The molecule has 0 aliphatic carbocycles. The maximum atomic E-state index is 11.9. The van der Waals surface area contributed by atoms with Crippen molar-refractivity contribution in [3.63, 3.8) is 0 Å². The number of carbonyl (C=O) groups excluding carboxylic acids is 1. The number of hydrogen-bond donors (Lipinski definition) is 1. The van der Waals surface area contributed by atoms with Crippen molar-refractivity contribution in [3.05, 3.63) is 58.1 Å². The van der Waals surface area contributed by atoms with E-state index in [4.69, 9.17) is 27.9 Å². The van der Waals surface area contributed by atoms with Gasteiger partial charge in [-0.15, -0.1) is 10.2 Å². The Morgan fingerprint density at radius 3 is 2.58 bits per heavy atom. The van der Waals surface area contributed by atoms with Crippen LogP contribution in [0.5, 0.6) is 0 Å². The standard InChI is InChI=1S/C24H28Cl2N4O2S/c1-17-7-9-18(10-8-17)23-28-29-24(30(23)19-11-12-20(25)21(26)16-19)33-15-4-3-6-22(31)27-13-5-14-32-2/h7-12,16H,3-6,13-15H2,1-2H3,(H,27,31). The van der Waals surface area contributed by atoms with Crippen molar-refractivity contribution in [1.82, 2.24) is 20.1 Å². The van der Waals surface area contributed by atoms with Crippen LogP contribution in [0.15, 0.2) is 47.6 Å². The third-order valence-corrected chi connectivity index (χ3v) is 6.74. The van der Waals surface area contributed by atoms with E-state index >= 15 is 0 Å². The quantitative estimate of drug-likeness (QED) is 0.242. The fourth-order valence-corrected chi connectivity index (χ4v) is 4.44. The number of unbranched alkanes of at least 4 members (excludes halogenated alkanes) is 1. The molecule has 0 fully saturated rings. The first-order chi connectivity index (χ1) is 16.0. The highest BCUT2D eigenvalue weighted by atomic mass is 35.5. The van der Waals surface area contributed by atoms with Crippen LogP contribution in [-0.4, -0.2) is 46.7 Å². The molecule has 3 aromatic rings. The van der Waals surface area contributed by atoms with E-state index in [1.165, 1.54) is 5.56 Å². The first-order valence-electron chi connectivity index (χ1n) is 10.9. The summed E-state index contributed by atoms with van der Waals surface area (Å²) in [6.45, 7) is 3.35. The molecule has 1 N–H and O–H groups in total. The van der Waals surface area contributed by atoms with Crippen molar-refractivity contribution in [2.45, 2.75) is 37.8 Å². The van der Waals surface area contributed by atoms with Gasteiger partial charge in [0.15, 0.2) is 11.0 Å². The molecular formula is C24H28Cl2N4O2S. The summed E-state index contributed by atoms with van der Waals surface area (Å²) in [5, 5.41) is 13.6. The van der Waals surface area contributed by atoms with Gasteiger partial charge in [-0.05, 0) is 44.4 Å². The summed E-state index contributed by atoms with van der Waals surface area (Å²) < 4.78 is 6.99. The van der Waals surface area contributed by atoms with Gasteiger partial charge in [-0.3, -0.25) is 9.36 Å². The number of hydrogen-bond acceptors (Lipinski definition) is 5. The van der Waals surface area contributed by atoms with E-state index in [1.807, 2.05) is 28.8 Å². The fraction of sp³-hybridized carbons (Fsp3) is 0.375. The fourth-order valence-electron chi connectivity index (χ4n) is 3.19. The molecule has 1 heterocycles. The second-order valence-electron chi connectivity index (χ2n) is 7.61. The molecule has 176 valence electrons. The number of nitrogens with zero attached hydrogens (tertiary/aromatic N) is 3. The Morgan fingerprint density at radius 2 is 1.85 bits per heavy atom. The molecule has 0 radical (unpaired) electrons. The van der Waals surface area contributed by atoms with Crippen molar-refractivity contribution >= 4 is 40.9 Å². The SMILES string of the molecule is COCCCNC(=O)CCCCSc1nnc(-c2ccc(C)cc2)n1-c1ccc(Cl)c(Cl)c1. The number of carbonyl (C=O) groups is 1. The lowest BCUT2D eigenvalue weighted by molar-refractivity contribution is -0.121. The number of aromatic nitrogens is 3. The van der Waals surface area contributed by atoms with Gasteiger partial charge in [0.05, 0.1) is 15.7 Å². The Bertz CT molecular complexity index is 1060. The first kappa shape index (κ1) is 25.6. The normalized spacial score (nSPS) is 11.0. The molecule has 9 heteroatoms. The summed E-state index contributed by atoms with van der Waals surface area (Å²) >= 11 is 14.0. The summed E-state index contributed by atoms with van der Waals surface area (Å²) in [5.41, 5.74) is 3.00. The maximum absolute atomic E-state index is 11.9. The Kier molecular flexibility index (Phi) is 10.1. The van der Waals surface area contributed by atoms with Crippen molar-refractivity contribution in [1.29, 1.82) is 0 Å². The number of methoxy groups -OCH3 is 1. The molecule has 3 rings (SSSR count). The zero-order valence-corrected chi connectivity index (χ0v) is 21.1. The number of aryl methyl sites for hydroxylation is 1. The predicted octanol–water partition coefficient (Wildman–Crippen LogP) is 5.96. The van der Waals surface area contributed by atoms with Crippen LogP contribution in [0.4, 0.5) is 0 Å². The van der Waals surface area contributed by atoms with Crippen LogP contribution in [-0.2, 0) is 9.53 Å². The largest absolute Gasteiger partial charge is 0.385 e. The first-order valence-corrected chi connectivity index (χ1v) is 12.6. The number of nitrogens with one attached hydrogen (secondary N) is 1. The van der Waals surface area contributed by atoms with Gasteiger partial charge < -0.3 is 10.1 Å². The summed E-state index contributed by atoms with van der Waals surface area (Å²) in [6, 6.07) is 13.7. The molecule has 33 heavy (non-hydrogen) atoms. The number of thioether (sulfide) groups is 1. The van der Waals surface area contributed by atoms with E-state index in [9.17, 15) is 4.79 Å². The minimum absolute atomic E-state index is 0.0803. The van der Waals surface area contributed by atoms with Crippen molar-refractivity contribution < 1.29 is 9.53 Å². The second-order valence-corrected chi connectivity index (χ2v) is 9.48. The number of amides is 1. The highest BCUT2D eigenvalue weighted by molar-refractivity contribution is 7.99. The number of rotatable bonds is 12. The second kappa shape index (κ2) is 13.0. The number of benzene rings is 2. The van der Waals surface area contributed by atoms with Gasteiger partial charge in [0.25, 0.3) is 0 Å². The van der Waals surface area contributed by atoms with Crippen molar-refractivity contribution in [3.8, 4) is 17.1 Å². The molecule has 1 aromatic heterocycles.